The fraction of sp³-hybridized carbons (Fsp3) is 0.556. The van der Waals surface area contributed by atoms with Gasteiger partial charge in [0, 0.05) is 32.4 Å². The number of aromatic nitrogens is 2. The van der Waals surface area contributed by atoms with Gasteiger partial charge < -0.3 is 10.6 Å². The van der Waals surface area contributed by atoms with E-state index >= 15 is 0 Å². The number of nitrogens with two attached hydrogens (primary N) is 1. The maximum atomic E-state index is 11.8. The van der Waals surface area contributed by atoms with E-state index in [1.165, 1.54) is 0 Å². The second-order valence-corrected chi connectivity index (χ2v) is 3.70. The number of amides is 1. The molecule has 0 spiro atoms. The van der Waals surface area contributed by atoms with Crippen LogP contribution in [-0.4, -0.2) is 39.7 Å². The molecule has 1 amide bonds. The summed E-state index contributed by atoms with van der Waals surface area (Å²) in [5.41, 5.74) is 6.37. The van der Waals surface area contributed by atoms with Gasteiger partial charge in [0.25, 0.3) is 5.91 Å². The summed E-state index contributed by atoms with van der Waals surface area (Å²) in [6.07, 6.45) is 4.21. The third kappa shape index (κ3) is 1.63. The Kier molecular flexibility index (Phi) is 2.25. The summed E-state index contributed by atoms with van der Waals surface area (Å²) in [5.74, 6) is 0.0334. The van der Waals surface area contributed by atoms with Gasteiger partial charge in [-0.1, -0.05) is 0 Å². The van der Waals surface area contributed by atoms with Crippen LogP contribution in [0.1, 0.15) is 16.8 Å². The van der Waals surface area contributed by atoms with Gasteiger partial charge in [0.1, 0.15) is 0 Å². The molecule has 1 aliphatic rings. The van der Waals surface area contributed by atoms with E-state index in [2.05, 4.69) is 5.10 Å². The zero-order valence-electron chi connectivity index (χ0n) is 8.18. The summed E-state index contributed by atoms with van der Waals surface area (Å²) in [6, 6.07) is 0.135. The van der Waals surface area contributed by atoms with Crippen LogP contribution in [-0.2, 0) is 7.05 Å². The minimum atomic E-state index is 0.0334. The third-order valence-corrected chi connectivity index (χ3v) is 2.46. The summed E-state index contributed by atoms with van der Waals surface area (Å²) in [4.78, 5) is 13.6. The smallest absolute Gasteiger partial charge is 0.257 e. The van der Waals surface area contributed by atoms with Crippen LogP contribution >= 0.6 is 0 Å². The highest BCUT2D eigenvalue weighted by Crippen LogP contribution is 2.11. The van der Waals surface area contributed by atoms with Gasteiger partial charge in [-0.3, -0.25) is 9.48 Å². The van der Waals surface area contributed by atoms with Crippen LogP contribution in [0.5, 0.6) is 0 Å². The quantitative estimate of drug-likeness (QED) is 0.661. The molecule has 76 valence electrons. The lowest BCUT2D eigenvalue weighted by Gasteiger charge is -2.13. The molecule has 0 radical (unpaired) electrons. The molecule has 1 atom stereocenters. The molecule has 1 unspecified atom stereocenters. The van der Waals surface area contributed by atoms with Crippen molar-refractivity contribution in [1.29, 1.82) is 0 Å². The zero-order valence-corrected chi connectivity index (χ0v) is 8.18. The number of aryl methyl sites for hydroxylation is 1. The van der Waals surface area contributed by atoms with Gasteiger partial charge in [-0.2, -0.15) is 5.10 Å². The van der Waals surface area contributed by atoms with Crippen LogP contribution < -0.4 is 5.73 Å². The summed E-state index contributed by atoms with van der Waals surface area (Å²) in [5, 5.41) is 3.97. The number of carbonyl (C=O) groups excluding carboxylic acids is 1. The van der Waals surface area contributed by atoms with Gasteiger partial charge in [-0.05, 0) is 6.42 Å². The van der Waals surface area contributed by atoms with E-state index in [9.17, 15) is 4.79 Å². The van der Waals surface area contributed by atoms with Crippen LogP contribution in [0.4, 0.5) is 0 Å². The molecule has 0 aromatic carbocycles. The molecule has 5 heteroatoms. The molecule has 0 bridgehead atoms. The second kappa shape index (κ2) is 3.42. The number of carbonyl (C=O) groups is 1. The molecular formula is C9H14N4O. The topological polar surface area (TPSA) is 64.2 Å². The zero-order chi connectivity index (χ0) is 10.1. The van der Waals surface area contributed by atoms with E-state index in [0.717, 1.165) is 13.0 Å². The molecule has 1 aromatic heterocycles. The Morgan fingerprint density at radius 1 is 1.71 bits per heavy atom. The van der Waals surface area contributed by atoms with E-state index in [0.29, 0.717) is 12.1 Å². The molecule has 0 aliphatic carbocycles. The molecule has 1 aromatic rings. The van der Waals surface area contributed by atoms with Gasteiger partial charge in [-0.25, -0.2) is 0 Å². The predicted octanol–water partition coefficient (Wildman–Crippen LogP) is -0.407. The molecule has 1 fully saturated rings. The maximum absolute atomic E-state index is 11.8. The monoisotopic (exact) mass is 194 g/mol. The first kappa shape index (κ1) is 9.21. The minimum absolute atomic E-state index is 0.0334. The summed E-state index contributed by atoms with van der Waals surface area (Å²) in [6.45, 7) is 1.42. The van der Waals surface area contributed by atoms with Gasteiger partial charge in [0.15, 0.2) is 0 Å². The van der Waals surface area contributed by atoms with Crippen molar-refractivity contribution in [2.45, 2.75) is 12.5 Å². The fourth-order valence-electron chi connectivity index (χ4n) is 1.69. The van der Waals surface area contributed by atoms with E-state index in [1.807, 2.05) is 0 Å². The van der Waals surface area contributed by atoms with E-state index < -0.39 is 0 Å². The van der Waals surface area contributed by atoms with Crippen molar-refractivity contribution >= 4 is 5.91 Å². The highest BCUT2D eigenvalue weighted by molar-refractivity contribution is 5.93. The van der Waals surface area contributed by atoms with E-state index in [4.69, 9.17) is 5.73 Å². The number of likely N-dealkylation sites (tertiary alicyclic amines) is 1. The lowest BCUT2D eigenvalue weighted by molar-refractivity contribution is 0.0791. The lowest BCUT2D eigenvalue weighted by atomic mass is 10.3. The molecule has 2 N–H and O–H groups in total. The van der Waals surface area contributed by atoms with Crippen molar-refractivity contribution in [3.05, 3.63) is 18.0 Å². The first-order chi connectivity index (χ1) is 6.66. The minimum Gasteiger partial charge on any atom is -0.337 e. The Morgan fingerprint density at radius 3 is 3.00 bits per heavy atom. The average molecular weight is 194 g/mol. The maximum Gasteiger partial charge on any atom is 0.257 e. The Morgan fingerprint density at radius 2 is 2.50 bits per heavy atom. The Labute approximate surface area is 82.5 Å². The molecule has 1 aliphatic heterocycles. The van der Waals surface area contributed by atoms with Crippen LogP contribution in [0, 0.1) is 0 Å². The van der Waals surface area contributed by atoms with Crippen molar-refractivity contribution in [3.63, 3.8) is 0 Å². The summed E-state index contributed by atoms with van der Waals surface area (Å²) < 4.78 is 1.63. The van der Waals surface area contributed by atoms with E-state index in [1.54, 1.807) is 29.0 Å². The van der Waals surface area contributed by atoms with Crippen LogP contribution in [0.25, 0.3) is 0 Å². The number of hydrogen-bond donors (Lipinski definition) is 1. The highest BCUT2D eigenvalue weighted by atomic mass is 16.2. The SMILES string of the molecule is Cn1cc(C(=O)N2CCC(N)C2)cn1. The van der Waals surface area contributed by atoms with E-state index in [-0.39, 0.29) is 11.9 Å². The van der Waals surface area contributed by atoms with Gasteiger partial charge in [-0.15, -0.1) is 0 Å². The first-order valence-corrected chi connectivity index (χ1v) is 4.70. The normalized spacial score (nSPS) is 21.6. The Balaban J connectivity index is 2.09. The van der Waals surface area contributed by atoms with Crippen molar-refractivity contribution in [3.8, 4) is 0 Å². The molecule has 0 saturated carbocycles. The molecule has 5 nitrogen and oxygen atoms in total. The predicted molar refractivity (Wildman–Crippen MR) is 51.7 cm³/mol. The van der Waals surface area contributed by atoms with Crippen LogP contribution in [0.2, 0.25) is 0 Å². The fourth-order valence-corrected chi connectivity index (χ4v) is 1.69. The van der Waals surface area contributed by atoms with Crippen molar-refractivity contribution in [2.75, 3.05) is 13.1 Å². The summed E-state index contributed by atoms with van der Waals surface area (Å²) >= 11 is 0. The van der Waals surface area contributed by atoms with Gasteiger partial charge >= 0.3 is 0 Å². The van der Waals surface area contributed by atoms with Gasteiger partial charge in [0.2, 0.25) is 0 Å². The third-order valence-electron chi connectivity index (χ3n) is 2.46. The first-order valence-electron chi connectivity index (χ1n) is 4.70. The lowest BCUT2D eigenvalue weighted by Crippen LogP contribution is -2.31. The summed E-state index contributed by atoms with van der Waals surface area (Å²) in [7, 11) is 1.80. The molecule has 1 saturated heterocycles. The van der Waals surface area contributed by atoms with Crippen molar-refractivity contribution in [1.82, 2.24) is 14.7 Å². The molecule has 2 heterocycles. The highest BCUT2D eigenvalue weighted by Gasteiger charge is 2.24. The Hall–Kier alpha value is -1.36. The Bertz CT molecular complexity index is 346. The van der Waals surface area contributed by atoms with Crippen LogP contribution in [0.3, 0.4) is 0 Å². The average Bonchev–Trinajstić information content (AvgIpc) is 2.73. The molecule has 2 rings (SSSR count). The molecule has 14 heavy (non-hydrogen) atoms. The van der Waals surface area contributed by atoms with Gasteiger partial charge in [0.05, 0.1) is 11.8 Å². The largest absolute Gasteiger partial charge is 0.337 e. The van der Waals surface area contributed by atoms with Crippen molar-refractivity contribution in [2.24, 2.45) is 12.8 Å². The van der Waals surface area contributed by atoms with Crippen LogP contribution in [0.15, 0.2) is 12.4 Å². The second-order valence-electron chi connectivity index (χ2n) is 3.70. The van der Waals surface area contributed by atoms with Crippen molar-refractivity contribution < 1.29 is 4.79 Å². The number of rotatable bonds is 1. The number of nitrogens with zero attached hydrogens (tertiary/aromatic N) is 3. The molecular weight excluding hydrogens is 180 g/mol. The number of hydrogen-bond acceptors (Lipinski definition) is 3. The standard InChI is InChI=1S/C9H14N4O/c1-12-5-7(4-11-12)9(14)13-3-2-8(10)6-13/h4-5,8H,2-3,6,10H2,1H3.